The molecule has 1 saturated heterocycles. The normalized spacial score (nSPS) is 17.0. The van der Waals surface area contributed by atoms with Crippen LogP contribution in [0.5, 0.6) is 0 Å². The molecule has 1 heterocycles. The molecular weight excluding hydrogens is 369 g/mol. The molecule has 10 heteroatoms. The van der Waals surface area contributed by atoms with Gasteiger partial charge in [0.2, 0.25) is 20.0 Å². The van der Waals surface area contributed by atoms with Crippen LogP contribution in [-0.2, 0) is 20.0 Å². The van der Waals surface area contributed by atoms with Gasteiger partial charge < -0.3 is 4.90 Å². The average molecular weight is 394 g/mol. The number of rotatable bonds is 8. The fourth-order valence-electron chi connectivity index (χ4n) is 2.67. The van der Waals surface area contributed by atoms with E-state index in [-0.39, 0.29) is 23.9 Å². The molecule has 0 amide bonds. The van der Waals surface area contributed by atoms with Crippen LogP contribution in [0.1, 0.15) is 13.3 Å². The van der Waals surface area contributed by atoms with Gasteiger partial charge in [-0.05, 0) is 30.7 Å². The summed E-state index contributed by atoms with van der Waals surface area (Å²) < 4.78 is 64.5. The van der Waals surface area contributed by atoms with E-state index in [1.54, 1.807) is 19.1 Å². The topological polar surface area (TPSA) is 86.8 Å². The first-order valence-electron chi connectivity index (χ1n) is 8.19. The van der Waals surface area contributed by atoms with E-state index in [1.165, 1.54) is 16.4 Å². The second-order valence-corrected chi connectivity index (χ2v) is 9.91. The Balaban J connectivity index is 1.85. The summed E-state index contributed by atoms with van der Waals surface area (Å²) in [6, 6.07) is 6.09. The standard InChI is InChI=1S/C15H24FN3O4S2/c1-2-12-24(20,21)17-7-13-25(22,23)19-10-8-18(9-11-19)15-5-3-14(16)4-6-15/h3-6,17H,2,7-13H2,1H3. The van der Waals surface area contributed by atoms with Gasteiger partial charge in [0, 0.05) is 38.4 Å². The fraction of sp³-hybridized carbons (Fsp3) is 0.600. The molecule has 0 spiro atoms. The van der Waals surface area contributed by atoms with Crippen molar-refractivity contribution in [2.24, 2.45) is 0 Å². The summed E-state index contributed by atoms with van der Waals surface area (Å²) in [6.07, 6.45) is 0.480. The van der Waals surface area contributed by atoms with Crippen molar-refractivity contribution in [3.05, 3.63) is 30.1 Å². The summed E-state index contributed by atoms with van der Waals surface area (Å²) in [5.74, 6) is -0.578. The SMILES string of the molecule is CCCS(=O)(=O)NCCS(=O)(=O)N1CCN(c2ccc(F)cc2)CC1. The quantitative estimate of drug-likeness (QED) is 0.699. The molecular formula is C15H24FN3O4S2. The molecule has 1 N–H and O–H groups in total. The summed E-state index contributed by atoms with van der Waals surface area (Å²) in [6.45, 7) is 3.28. The molecule has 0 aromatic heterocycles. The Morgan fingerprint density at radius 2 is 1.60 bits per heavy atom. The number of benzene rings is 1. The minimum absolute atomic E-state index is 0.0105. The Labute approximate surface area is 148 Å². The molecule has 0 aliphatic carbocycles. The van der Waals surface area contributed by atoms with Crippen molar-refractivity contribution in [3.63, 3.8) is 0 Å². The molecule has 7 nitrogen and oxygen atoms in total. The lowest BCUT2D eigenvalue weighted by molar-refractivity contribution is 0.385. The maximum Gasteiger partial charge on any atom is 0.215 e. The highest BCUT2D eigenvalue weighted by Gasteiger charge is 2.27. The van der Waals surface area contributed by atoms with Crippen LogP contribution in [0.3, 0.4) is 0 Å². The molecule has 0 unspecified atom stereocenters. The van der Waals surface area contributed by atoms with Crippen molar-refractivity contribution in [1.29, 1.82) is 0 Å². The number of halogens is 1. The largest absolute Gasteiger partial charge is 0.369 e. The van der Waals surface area contributed by atoms with Crippen LogP contribution in [0.4, 0.5) is 10.1 Å². The number of hydrogen-bond acceptors (Lipinski definition) is 5. The van der Waals surface area contributed by atoms with Gasteiger partial charge in [0.05, 0.1) is 11.5 Å². The minimum Gasteiger partial charge on any atom is -0.369 e. The molecule has 1 aromatic rings. The number of hydrogen-bond donors (Lipinski definition) is 1. The molecule has 1 fully saturated rings. The Morgan fingerprint density at radius 3 is 2.16 bits per heavy atom. The number of anilines is 1. The van der Waals surface area contributed by atoms with Crippen LogP contribution < -0.4 is 9.62 Å². The molecule has 25 heavy (non-hydrogen) atoms. The van der Waals surface area contributed by atoms with Gasteiger partial charge in [0.1, 0.15) is 5.82 Å². The third-order valence-electron chi connectivity index (χ3n) is 3.98. The molecule has 0 saturated carbocycles. The van der Waals surface area contributed by atoms with Crippen molar-refractivity contribution < 1.29 is 21.2 Å². The summed E-state index contributed by atoms with van der Waals surface area (Å²) >= 11 is 0. The lowest BCUT2D eigenvalue weighted by Gasteiger charge is -2.35. The van der Waals surface area contributed by atoms with Gasteiger partial charge in [0.15, 0.2) is 0 Å². The maximum absolute atomic E-state index is 13.0. The lowest BCUT2D eigenvalue weighted by atomic mass is 10.2. The Kier molecular flexibility index (Phi) is 6.78. The second kappa shape index (κ2) is 8.43. The van der Waals surface area contributed by atoms with Crippen LogP contribution in [0.25, 0.3) is 0 Å². The maximum atomic E-state index is 13.0. The zero-order chi connectivity index (χ0) is 18.5. The van der Waals surface area contributed by atoms with Crippen molar-refractivity contribution in [2.75, 3.05) is 49.1 Å². The second-order valence-electron chi connectivity index (χ2n) is 5.89. The first-order chi connectivity index (χ1) is 11.7. The van der Waals surface area contributed by atoms with Gasteiger partial charge >= 0.3 is 0 Å². The zero-order valence-electron chi connectivity index (χ0n) is 14.2. The van der Waals surface area contributed by atoms with Gasteiger partial charge in [-0.15, -0.1) is 0 Å². The van der Waals surface area contributed by atoms with Crippen molar-refractivity contribution >= 4 is 25.7 Å². The van der Waals surface area contributed by atoms with Crippen LogP contribution in [0, 0.1) is 5.82 Å². The molecule has 0 bridgehead atoms. The Hall–Kier alpha value is -1.23. The Morgan fingerprint density at radius 1 is 1.00 bits per heavy atom. The van der Waals surface area contributed by atoms with Gasteiger partial charge in [-0.1, -0.05) is 6.92 Å². The smallest absolute Gasteiger partial charge is 0.215 e. The van der Waals surface area contributed by atoms with Gasteiger partial charge in [-0.25, -0.2) is 25.9 Å². The molecule has 2 rings (SSSR count). The number of sulfonamides is 2. The van der Waals surface area contributed by atoms with Crippen LogP contribution >= 0.6 is 0 Å². The van der Waals surface area contributed by atoms with Crippen LogP contribution in [0.2, 0.25) is 0 Å². The Bertz CT molecular complexity index is 758. The molecule has 142 valence electrons. The highest BCUT2D eigenvalue weighted by molar-refractivity contribution is 7.90. The van der Waals surface area contributed by atoms with Crippen molar-refractivity contribution in [2.45, 2.75) is 13.3 Å². The van der Waals surface area contributed by atoms with E-state index in [2.05, 4.69) is 4.72 Å². The molecule has 1 aromatic carbocycles. The molecule has 1 aliphatic rings. The number of nitrogens with zero attached hydrogens (tertiary/aromatic N) is 2. The van der Waals surface area contributed by atoms with E-state index in [1.807, 2.05) is 4.90 Å². The first kappa shape index (κ1) is 20.1. The number of nitrogens with one attached hydrogen (secondary N) is 1. The van der Waals surface area contributed by atoms with Gasteiger partial charge in [-0.2, -0.15) is 4.31 Å². The van der Waals surface area contributed by atoms with Gasteiger partial charge in [-0.3, -0.25) is 0 Å². The zero-order valence-corrected chi connectivity index (χ0v) is 15.8. The summed E-state index contributed by atoms with van der Waals surface area (Å²) in [5, 5.41) is 0. The minimum atomic E-state index is -3.51. The van der Waals surface area contributed by atoms with E-state index >= 15 is 0 Å². The van der Waals surface area contributed by atoms with E-state index < -0.39 is 20.0 Å². The molecule has 0 atom stereocenters. The molecule has 1 aliphatic heterocycles. The summed E-state index contributed by atoms with van der Waals surface area (Å²) in [7, 11) is -6.92. The third-order valence-corrected chi connectivity index (χ3v) is 7.44. The first-order valence-corrected chi connectivity index (χ1v) is 11.5. The molecule has 0 radical (unpaired) electrons. The highest BCUT2D eigenvalue weighted by Crippen LogP contribution is 2.18. The van der Waals surface area contributed by atoms with Gasteiger partial charge in [0.25, 0.3) is 0 Å². The highest BCUT2D eigenvalue weighted by atomic mass is 32.2. The third kappa shape index (κ3) is 5.91. The predicted molar refractivity (Wildman–Crippen MR) is 96.1 cm³/mol. The van der Waals surface area contributed by atoms with E-state index in [9.17, 15) is 21.2 Å². The number of piperazine rings is 1. The summed E-state index contributed by atoms with van der Waals surface area (Å²) in [4.78, 5) is 2.00. The predicted octanol–water partition coefficient (Wildman–Crippen LogP) is 0.607. The average Bonchev–Trinajstić information content (AvgIpc) is 2.55. The van der Waals surface area contributed by atoms with Crippen LogP contribution in [0.15, 0.2) is 24.3 Å². The van der Waals surface area contributed by atoms with Crippen LogP contribution in [-0.4, -0.2) is 65.4 Å². The lowest BCUT2D eigenvalue weighted by Crippen LogP contribution is -2.50. The summed E-state index contributed by atoms with van der Waals surface area (Å²) in [5.41, 5.74) is 0.853. The van der Waals surface area contributed by atoms with E-state index in [0.29, 0.717) is 32.6 Å². The monoisotopic (exact) mass is 393 g/mol. The van der Waals surface area contributed by atoms with Crippen molar-refractivity contribution in [1.82, 2.24) is 9.03 Å². The van der Waals surface area contributed by atoms with E-state index in [4.69, 9.17) is 0 Å². The fourth-order valence-corrected chi connectivity index (χ4v) is 5.23. The van der Waals surface area contributed by atoms with E-state index in [0.717, 1.165) is 5.69 Å². The van der Waals surface area contributed by atoms with Crippen molar-refractivity contribution in [3.8, 4) is 0 Å².